The first-order valence-corrected chi connectivity index (χ1v) is 19.2. The van der Waals surface area contributed by atoms with Crippen LogP contribution in [0.4, 0.5) is 5.69 Å². The highest BCUT2D eigenvalue weighted by molar-refractivity contribution is 6.20. The van der Waals surface area contributed by atoms with Crippen molar-refractivity contribution in [3.63, 3.8) is 0 Å². The molecule has 12 rings (SSSR count). The molecule has 1 atom stereocenters. The fraction of sp³-hybridized carbons (Fsp3) is 0.0192. The van der Waals surface area contributed by atoms with Gasteiger partial charge < -0.3 is 9.13 Å². The maximum atomic E-state index is 5.58. The molecule has 1 aliphatic heterocycles. The standard InChI is InChI=1S/C52H34N4/c1-2-14-34(15-3-1)36-20-12-21-40(30-36)51-53-52(54(51)41-29-28-35-16-4-5-17-37(35)31-41)56-48-27-13-26-47(50(48)44-32-38-18-6-7-19-39(38)33-49(44)56)55-45-24-10-8-22-42(45)43-23-9-11-25-46(43)55/h1-33,52H. The van der Waals surface area contributed by atoms with E-state index in [0.717, 1.165) is 33.8 Å². The predicted octanol–water partition coefficient (Wildman–Crippen LogP) is 13.3. The number of rotatable bonds is 5. The summed E-state index contributed by atoms with van der Waals surface area (Å²) in [5, 5.41) is 9.78. The molecule has 0 saturated heterocycles. The van der Waals surface area contributed by atoms with Crippen LogP contribution < -0.4 is 4.90 Å². The van der Waals surface area contributed by atoms with Crippen molar-refractivity contribution < 1.29 is 0 Å². The van der Waals surface area contributed by atoms with E-state index in [-0.39, 0.29) is 6.29 Å². The van der Waals surface area contributed by atoms with Crippen LogP contribution in [0.2, 0.25) is 0 Å². The van der Waals surface area contributed by atoms with Crippen LogP contribution in [0.25, 0.3) is 82.0 Å². The minimum Gasteiger partial charge on any atom is -0.309 e. The second kappa shape index (κ2) is 12.0. The molecule has 0 saturated carbocycles. The van der Waals surface area contributed by atoms with Crippen molar-refractivity contribution in [3.05, 3.63) is 206 Å². The molecule has 4 nitrogen and oxygen atoms in total. The number of aromatic nitrogens is 2. The fourth-order valence-electron chi connectivity index (χ4n) is 9.10. The lowest BCUT2D eigenvalue weighted by molar-refractivity contribution is 0.530. The molecule has 0 fully saturated rings. The van der Waals surface area contributed by atoms with E-state index in [2.05, 4.69) is 214 Å². The van der Waals surface area contributed by atoms with Crippen molar-refractivity contribution in [2.24, 2.45) is 4.99 Å². The maximum Gasteiger partial charge on any atom is 0.211 e. The van der Waals surface area contributed by atoms with Gasteiger partial charge in [0.05, 0.1) is 27.8 Å². The maximum absolute atomic E-state index is 5.58. The Morgan fingerprint density at radius 3 is 1.73 bits per heavy atom. The summed E-state index contributed by atoms with van der Waals surface area (Å²) in [6.45, 7) is 0. The summed E-state index contributed by atoms with van der Waals surface area (Å²) in [6, 6.07) is 72.6. The van der Waals surface area contributed by atoms with Crippen LogP contribution in [0, 0.1) is 0 Å². The molecule has 1 unspecified atom stereocenters. The van der Waals surface area contributed by atoms with Gasteiger partial charge in [0, 0.05) is 32.8 Å². The molecule has 11 aromatic rings. The molecule has 9 aromatic carbocycles. The van der Waals surface area contributed by atoms with Crippen molar-refractivity contribution in [2.75, 3.05) is 4.90 Å². The number of anilines is 1. The topological polar surface area (TPSA) is 25.5 Å². The number of nitrogens with zero attached hydrogens (tertiary/aromatic N) is 4. The van der Waals surface area contributed by atoms with Gasteiger partial charge in [-0.05, 0) is 87.3 Å². The van der Waals surface area contributed by atoms with E-state index in [1.165, 1.54) is 65.3 Å². The first kappa shape index (κ1) is 31.0. The van der Waals surface area contributed by atoms with E-state index in [9.17, 15) is 0 Å². The SMILES string of the molecule is c1ccc(-c2cccc(C3=NC(n4c5cc6ccccc6cc5c5c(-n6c7ccccc7c7ccccc76)cccc54)N3c3ccc4ccccc4c3)c2)cc1. The highest BCUT2D eigenvalue weighted by Crippen LogP contribution is 2.45. The molecule has 0 amide bonds. The highest BCUT2D eigenvalue weighted by Gasteiger charge is 2.37. The van der Waals surface area contributed by atoms with Crippen molar-refractivity contribution in [1.82, 2.24) is 9.13 Å². The zero-order chi connectivity index (χ0) is 36.7. The molecule has 0 spiro atoms. The van der Waals surface area contributed by atoms with Crippen LogP contribution in [-0.2, 0) is 0 Å². The Balaban J connectivity index is 1.15. The molecular formula is C52H34N4. The Hall–Kier alpha value is -7.43. The number of fused-ring (bicyclic) bond motifs is 8. The van der Waals surface area contributed by atoms with E-state index >= 15 is 0 Å². The molecule has 0 bridgehead atoms. The van der Waals surface area contributed by atoms with Crippen LogP contribution in [0.15, 0.2) is 205 Å². The van der Waals surface area contributed by atoms with Crippen molar-refractivity contribution >= 4 is 76.7 Å². The first-order valence-electron chi connectivity index (χ1n) is 19.2. The molecule has 1 aliphatic rings. The number of aliphatic imine (C=N–C) groups is 1. The molecule has 0 aliphatic carbocycles. The average molecular weight is 715 g/mol. The van der Waals surface area contributed by atoms with E-state index in [1.807, 2.05) is 0 Å². The Kier molecular flexibility index (Phi) is 6.66. The van der Waals surface area contributed by atoms with Gasteiger partial charge in [-0.25, -0.2) is 4.99 Å². The molecule has 0 radical (unpaired) electrons. The summed E-state index contributed by atoms with van der Waals surface area (Å²) >= 11 is 0. The quantitative estimate of drug-likeness (QED) is 0.174. The number of benzene rings is 9. The average Bonchev–Trinajstić information content (AvgIpc) is 3.75. The van der Waals surface area contributed by atoms with Crippen molar-refractivity contribution in [2.45, 2.75) is 6.29 Å². The first-order chi connectivity index (χ1) is 27.8. The van der Waals surface area contributed by atoms with Gasteiger partial charge in [-0.2, -0.15) is 0 Å². The van der Waals surface area contributed by atoms with Crippen molar-refractivity contribution in [1.29, 1.82) is 0 Å². The third kappa shape index (κ3) is 4.56. The summed E-state index contributed by atoms with van der Waals surface area (Å²) in [4.78, 5) is 8.01. The minimum absolute atomic E-state index is 0.318. The number of para-hydroxylation sites is 2. The normalized spacial score (nSPS) is 14.3. The minimum atomic E-state index is -0.318. The zero-order valence-corrected chi connectivity index (χ0v) is 30.4. The van der Waals surface area contributed by atoms with E-state index in [0.29, 0.717) is 0 Å². The van der Waals surface area contributed by atoms with Gasteiger partial charge in [-0.3, -0.25) is 4.90 Å². The second-order valence-corrected chi connectivity index (χ2v) is 14.8. The van der Waals surface area contributed by atoms with E-state index < -0.39 is 0 Å². The lowest BCUT2D eigenvalue weighted by Crippen LogP contribution is -2.46. The summed E-state index contributed by atoms with van der Waals surface area (Å²) in [5.41, 5.74) is 10.4. The number of hydrogen-bond acceptors (Lipinski definition) is 2. The van der Waals surface area contributed by atoms with E-state index in [4.69, 9.17) is 4.99 Å². The Labute approximate surface area is 323 Å². The second-order valence-electron chi connectivity index (χ2n) is 14.8. The Morgan fingerprint density at radius 1 is 0.375 bits per heavy atom. The Morgan fingerprint density at radius 2 is 0.964 bits per heavy atom. The monoisotopic (exact) mass is 714 g/mol. The predicted molar refractivity (Wildman–Crippen MR) is 235 cm³/mol. The van der Waals surface area contributed by atoms with Crippen LogP contribution in [-0.4, -0.2) is 15.0 Å². The molecule has 4 heteroatoms. The van der Waals surface area contributed by atoms with Crippen LogP contribution in [0.3, 0.4) is 0 Å². The molecule has 262 valence electrons. The van der Waals surface area contributed by atoms with Gasteiger partial charge in [-0.15, -0.1) is 0 Å². The summed E-state index contributed by atoms with van der Waals surface area (Å²) in [7, 11) is 0. The van der Waals surface area contributed by atoms with Crippen LogP contribution >= 0.6 is 0 Å². The smallest absolute Gasteiger partial charge is 0.211 e. The fourth-order valence-corrected chi connectivity index (χ4v) is 9.10. The van der Waals surface area contributed by atoms with Gasteiger partial charge in [0.25, 0.3) is 0 Å². The van der Waals surface area contributed by atoms with E-state index in [1.54, 1.807) is 0 Å². The molecule has 0 N–H and O–H groups in total. The molecule has 3 heterocycles. The van der Waals surface area contributed by atoms with Crippen LogP contribution in [0.1, 0.15) is 11.9 Å². The molecule has 56 heavy (non-hydrogen) atoms. The lowest BCUT2D eigenvalue weighted by Gasteiger charge is -2.41. The number of hydrogen-bond donors (Lipinski definition) is 0. The summed E-state index contributed by atoms with van der Waals surface area (Å²) in [5.74, 6) is 0.956. The third-order valence-electron chi connectivity index (χ3n) is 11.7. The summed E-state index contributed by atoms with van der Waals surface area (Å²) in [6.07, 6.45) is -0.318. The lowest BCUT2D eigenvalue weighted by atomic mass is 10.0. The Bertz CT molecular complexity index is 3330. The molecule has 2 aromatic heterocycles. The third-order valence-corrected chi connectivity index (χ3v) is 11.7. The van der Waals surface area contributed by atoms with Gasteiger partial charge in [0.2, 0.25) is 6.29 Å². The molecular weight excluding hydrogens is 681 g/mol. The zero-order valence-electron chi connectivity index (χ0n) is 30.4. The van der Waals surface area contributed by atoms with Gasteiger partial charge in [0.15, 0.2) is 0 Å². The van der Waals surface area contributed by atoms with Gasteiger partial charge >= 0.3 is 0 Å². The summed E-state index contributed by atoms with van der Waals surface area (Å²) < 4.78 is 4.92. The highest BCUT2D eigenvalue weighted by atomic mass is 15.5. The van der Waals surface area contributed by atoms with Gasteiger partial charge in [0.1, 0.15) is 5.84 Å². The largest absolute Gasteiger partial charge is 0.309 e. The van der Waals surface area contributed by atoms with Gasteiger partial charge in [-0.1, -0.05) is 146 Å². The van der Waals surface area contributed by atoms with Crippen LogP contribution in [0.5, 0.6) is 0 Å². The van der Waals surface area contributed by atoms with Crippen molar-refractivity contribution in [3.8, 4) is 16.8 Å². The number of amidine groups is 1.